The molecule has 2 heterocycles. The molecule has 1 unspecified atom stereocenters. The van der Waals surface area contributed by atoms with Crippen LogP contribution in [-0.4, -0.2) is 9.38 Å². The number of anilines is 2. The Labute approximate surface area is 286 Å². The van der Waals surface area contributed by atoms with E-state index in [1.807, 2.05) is 6.07 Å². The Hall–Kier alpha value is -6.19. The first-order valence-electron chi connectivity index (χ1n) is 17.0. The minimum absolute atomic E-state index is 0.426. The molecule has 1 aliphatic carbocycles. The summed E-state index contributed by atoms with van der Waals surface area (Å²) in [5, 5.41) is 4.98. The van der Waals surface area contributed by atoms with Crippen LogP contribution in [0.1, 0.15) is 18.9 Å². The minimum Gasteiger partial charge on any atom is -0.310 e. The maximum Gasteiger partial charge on any atom is 0.137 e. The second-order valence-corrected chi connectivity index (χ2v) is 12.9. The third kappa shape index (κ3) is 5.12. The van der Waals surface area contributed by atoms with Gasteiger partial charge in [0.1, 0.15) is 5.65 Å². The van der Waals surface area contributed by atoms with Gasteiger partial charge in [-0.2, -0.15) is 0 Å². The number of hydrogen-bond acceptors (Lipinski definition) is 2. The molecule has 0 fully saturated rings. The lowest BCUT2D eigenvalue weighted by Crippen LogP contribution is -2.19. The molecular formula is C46H35N3. The Morgan fingerprint density at radius 2 is 1.27 bits per heavy atom. The lowest BCUT2D eigenvalue weighted by Gasteiger charge is -2.32. The van der Waals surface area contributed by atoms with Crippen molar-refractivity contribution in [3.05, 3.63) is 187 Å². The highest BCUT2D eigenvalue weighted by atomic mass is 15.1. The molecule has 9 rings (SSSR count). The van der Waals surface area contributed by atoms with Gasteiger partial charge < -0.3 is 4.90 Å². The van der Waals surface area contributed by atoms with Crippen LogP contribution in [0.3, 0.4) is 0 Å². The minimum atomic E-state index is 0.426. The lowest BCUT2D eigenvalue weighted by atomic mass is 9.86. The van der Waals surface area contributed by atoms with Crippen molar-refractivity contribution in [3.63, 3.8) is 0 Å². The molecule has 3 heteroatoms. The van der Waals surface area contributed by atoms with Crippen molar-refractivity contribution in [3.8, 4) is 22.5 Å². The summed E-state index contributed by atoms with van der Waals surface area (Å²) in [5.41, 5.74) is 11.4. The number of rotatable bonds is 6. The van der Waals surface area contributed by atoms with E-state index in [1.165, 1.54) is 44.1 Å². The maximum absolute atomic E-state index is 5.08. The van der Waals surface area contributed by atoms with Crippen LogP contribution < -0.4 is 4.90 Å². The Bertz CT molecular complexity index is 2520. The van der Waals surface area contributed by atoms with E-state index in [9.17, 15) is 0 Å². The summed E-state index contributed by atoms with van der Waals surface area (Å²) < 4.78 is 2.20. The summed E-state index contributed by atoms with van der Waals surface area (Å²) in [5.74, 6) is 0.426. The van der Waals surface area contributed by atoms with Crippen LogP contribution in [0, 0.1) is 5.92 Å². The number of imidazole rings is 1. The van der Waals surface area contributed by atoms with Crippen molar-refractivity contribution in [1.29, 1.82) is 0 Å². The zero-order valence-electron chi connectivity index (χ0n) is 27.4. The van der Waals surface area contributed by atoms with Crippen LogP contribution in [0.4, 0.5) is 11.4 Å². The molecule has 0 saturated carbocycles. The molecule has 0 N–H and O–H groups in total. The summed E-state index contributed by atoms with van der Waals surface area (Å²) in [6.07, 6.45) is 7.89. The van der Waals surface area contributed by atoms with Crippen molar-refractivity contribution < 1.29 is 0 Å². The van der Waals surface area contributed by atoms with Gasteiger partial charge in [-0.05, 0) is 76.0 Å². The molecule has 234 valence electrons. The summed E-state index contributed by atoms with van der Waals surface area (Å²) >= 11 is 0. The molecule has 49 heavy (non-hydrogen) atoms. The van der Waals surface area contributed by atoms with Crippen LogP contribution in [0.15, 0.2) is 182 Å². The molecule has 0 spiro atoms. The first-order chi connectivity index (χ1) is 24.2. The van der Waals surface area contributed by atoms with Crippen molar-refractivity contribution in [2.45, 2.75) is 13.3 Å². The van der Waals surface area contributed by atoms with E-state index >= 15 is 0 Å². The summed E-state index contributed by atoms with van der Waals surface area (Å²) in [7, 11) is 0. The van der Waals surface area contributed by atoms with E-state index in [-0.39, 0.29) is 0 Å². The molecule has 8 aromatic rings. The van der Waals surface area contributed by atoms with E-state index < -0.39 is 0 Å². The van der Waals surface area contributed by atoms with Crippen molar-refractivity contribution >= 4 is 44.1 Å². The summed E-state index contributed by atoms with van der Waals surface area (Å²) in [6, 6.07) is 56.4. The van der Waals surface area contributed by atoms with E-state index in [4.69, 9.17) is 4.98 Å². The smallest absolute Gasteiger partial charge is 0.137 e. The van der Waals surface area contributed by atoms with Gasteiger partial charge >= 0.3 is 0 Å². The van der Waals surface area contributed by atoms with Gasteiger partial charge in [0.2, 0.25) is 0 Å². The highest BCUT2D eigenvalue weighted by Gasteiger charge is 2.24. The van der Waals surface area contributed by atoms with Gasteiger partial charge in [-0.1, -0.05) is 140 Å². The zero-order chi connectivity index (χ0) is 32.7. The van der Waals surface area contributed by atoms with Gasteiger partial charge in [-0.15, -0.1) is 0 Å². The first-order valence-corrected chi connectivity index (χ1v) is 17.0. The fourth-order valence-electron chi connectivity index (χ4n) is 7.42. The Balaban J connectivity index is 1.24. The highest BCUT2D eigenvalue weighted by molar-refractivity contribution is 6.14. The molecule has 0 saturated heterocycles. The van der Waals surface area contributed by atoms with Gasteiger partial charge in [0.25, 0.3) is 0 Å². The Morgan fingerprint density at radius 3 is 2.04 bits per heavy atom. The van der Waals surface area contributed by atoms with Gasteiger partial charge in [0.15, 0.2) is 0 Å². The molecule has 0 bridgehead atoms. The monoisotopic (exact) mass is 629 g/mol. The number of fused-ring (bicyclic) bond motifs is 4. The van der Waals surface area contributed by atoms with Crippen molar-refractivity contribution in [1.82, 2.24) is 9.38 Å². The number of pyridine rings is 1. The molecule has 1 aliphatic rings. The SMILES string of the molecule is CC1CC=C(N(c2ccc(-c3c(-c4ccccc4)nc4ccccn34)cc2)c2cc3ccccc3c3ccccc23)C=C1c1ccccc1. The predicted molar refractivity (Wildman–Crippen MR) is 206 cm³/mol. The molecule has 0 radical (unpaired) electrons. The van der Waals surface area contributed by atoms with Crippen LogP contribution in [0.2, 0.25) is 0 Å². The largest absolute Gasteiger partial charge is 0.310 e. The fraction of sp³-hybridized carbons (Fsp3) is 0.0652. The average molecular weight is 630 g/mol. The Morgan fingerprint density at radius 1 is 0.612 bits per heavy atom. The topological polar surface area (TPSA) is 20.5 Å². The van der Waals surface area contributed by atoms with Crippen LogP contribution in [0.5, 0.6) is 0 Å². The maximum atomic E-state index is 5.08. The molecule has 6 aromatic carbocycles. The van der Waals surface area contributed by atoms with Crippen molar-refractivity contribution in [2.24, 2.45) is 5.92 Å². The normalized spacial score (nSPS) is 14.6. The third-order valence-corrected chi connectivity index (χ3v) is 9.84. The van der Waals surface area contributed by atoms with E-state index in [0.29, 0.717) is 5.92 Å². The highest BCUT2D eigenvalue weighted by Crippen LogP contribution is 2.43. The standard InChI is InChI=1S/C46H35N3/c1-32-23-26-38(31-42(32)33-14-4-2-5-15-33)49(43-30-36-18-8-9-19-39(36)40-20-10-11-21-41(40)43)37-27-24-35(25-28-37)46-45(34-16-6-3-7-17-34)47-44-22-12-13-29-48(44)46/h2-22,24-32H,23H2,1H3. The number of nitrogens with zero attached hydrogens (tertiary/aromatic N) is 3. The third-order valence-electron chi connectivity index (χ3n) is 9.84. The van der Waals surface area contributed by atoms with E-state index in [2.05, 4.69) is 186 Å². The zero-order valence-corrected chi connectivity index (χ0v) is 27.4. The van der Waals surface area contributed by atoms with E-state index in [1.54, 1.807) is 0 Å². The number of allylic oxidation sites excluding steroid dienone is 3. The van der Waals surface area contributed by atoms with Gasteiger partial charge in [0, 0.05) is 34.1 Å². The van der Waals surface area contributed by atoms with Gasteiger partial charge in [-0.3, -0.25) is 4.40 Å². The molecular weight excluding hydrogens is 595 g/mol. The van der Waals surface area contributed by atoms with Crippen LogP contribution in [-0.2, 0) is 0 Å². The van der Waals surface area contributed by atoms with Crippen LogP contribution in [0.25, 0.3) is 55.3 Å². The second kappa shape index (κ2) is 12.1. The first kappa shape index (κ1) is 29.0. The molecule has 0 aliphatic heterocycles. The predicted octanol–water partition coefficient (Wildman–Crippen LogP) is 12.1. The van der Waals surface area contributed by atoms with Crippen molar-refractivity contribution in [2.75, 3.05) is 4.90 Å². The number of hydrogen-bond donors (Lipinski definition) is 0. The molecule has 2 aromatic heterocycles. The van der Waals surface area contributed by atoms with Gasteiger partial charge in [-0.25, -0.2) is 4.98 Å². The van der Waals surface area contributed by atoms with E-state index in [0.717, 1.165) is 40.3 Å². The summed E-state index contributed by atoms with van der Waals surface area (Å²) in [6.45, 7) is 2.33. The second-order valence-electron chi connectivity index (χ2n) is 12.9. The quantitative estimate of drug-likeness (QED) is 0.171. The summed E-state index contributed by atoms with van der Waals surface area (Å²) in [4.78, 5) is 7.54. The average Bonchev–Trinajstić information content (AvgIpc) is 3.56. The molecule has 1 atom stereocenters. The number of aromatic nitrogens is 2. The molecule has 0 amide bonds. The molecule has 3 nitrogen and oxygen atoms in total. The number of benzene rings is 6. The van der Waals surface area contributed by atoms with Crippen LogP contribution >= 0.6 is 0 Å². The Kier molecular flexibility index (Phi) is 7.17. The lowest BCUT2D eigenvalue weighted by molar-refractivity contribution is 0.750. The van der Waals surface area contributed by atoms with Gasteiger partial charge in [0.05, 0.1) is 17.1 Å². The fourth-order valence-corrected chi connectivity index (χ4v) is 7.42.